The predicted octanol–water partition coefficient (Wildman–Crippen LogP) is 0.179. The van der Waals surface area contributed by atoms with Crippen LogP contribution in [0.25, 0.3) is 0 Å². The highest BCUT2D eigenvalue weighted by Gasteiger charge is 2.25. The minimum atomic E-state index is -0.957. The van der Waals surface area contributed by atoms with Gasteiger partial charge in [-0.25, -0.2) is 0 Å². The van der Waals surface area contributed by atoms with Gasteiger partial charge in [-0.2, -0.15) is 0 Å². The molecule has 0 spiro atoms. The summed E-state index contributed by atoms with van der Waals surface area (Å²) in [4.78, 5) is 20.5. The maximum Gasteiger partial charge on any atom is 0.226 e. The first-order valence-corrected chi connectivity index (χ1v) is 2.59. The fourth-order valence-electron chi connectivity index (χ4n) is 0.242. The van der Waals surface area contributed by atoms with Gasteiger partial charge >= 0.3 is 0 Å². The smallest absolute Gasteiger partial charge is 0.226 e. The highest BCUT2D eigenvalue weighted by molar-refractivity contribution is 6.28. The first kappa shape index (κ1) is 8.30. The van der Waals surface area contributed by atoms with Crippen LogP contribution in [0.2, 0.25) is 0 Å². The summed E-state index contributed by atoms with van der Waals surface area (Å²) in [5.74, 6) is -0.537. The Kier molecular flexibility index (Phi) is 2.52. The van der Waals surface area contributed by atoms with Gasteiger partial charge in [-0.3, -0.25) is 9.59 Å². The Hall–Kier alpha value is -0.700. The minimum absolute atomic E-state index is 0.267. The molecule has 0 aromatic heterocycles. The summed E-state index contributed by atoms with van der Waals surface area (Å²) in [6.07, 6.45) is 0.267. The molecular weight excluding hydrogens is 120 g/mol. The monoisotopic (exact) mass is 130 g/mol. The van der Waals surface area contributed by atoms with Gasteiger partial charge in [0.15, 0.2) is 6.29 Å². The average molecular weight is 130 g/mol. The van der Waals surface area contributed by atoms with E-state index in [1.807, 2.05) is 0 Å². The molecule has 0 saturated carbocycles. The number of hydrogen-bond donors (Lipinski definition) is 0. The molecule has 9 heavy (non-hydrogen) atoms. The molecule has 0 aliphatic carbocycles. The van der Waals surface area contributed by atoms with Crippen molar-refractivity contribution in [2.75, 3.05) is 7.11 Å². The first-order chi connectivity index (χ1) is 4.04. The topological polar surface area (TPSA) is 43.4 Å². The third kappa shape index (κ3) is 1.93. The number of hydrogen-bond acceptors (Lipinski definition) is 3. The molecule has 0 unspecified atom stereocenters. The van der Waals surface area contributed by atoms with E-state index < -0.39 is 11.4 Å². The Morgan fingerprint density at radius 3 is 2.11 bits per heavy atom. The zero-order chi connectivity index (χ0) is 7.49. The lowest BCUT2D eigenvalue weighted by molar-refractivity contribution is -0.143. The van der Waals surface area contributed by atoms with Crippen molar-refractivity contribution in [3.05, 3.63) is 0 Å². The Morgan fingerprint density at radius 1 is 1.56 bits per heavy atom. The van der Waals surface area contributed by atoms with Crippen molar-refractivity contribution in [3.63, 3.8) is 0 Å². The van der Waals surface area contributed by atoms with Crippen molar-refractivity contribution in [1.29, 1.82) is 0 Å². The number of aldehydes is 1. The van der Waals surface area contributed by atoms with Crippen LogP contribution in [-0.4, -0.2) is 24.8 Å². The molecule has 0 aliphatic rings. The summed E-state index contributed by atoms with van der Waals surface area (Å²) in [5.41, 5.74) is -0.957. The van der Waals surface area contributed by atoms with Crippen molar-refractivity contribution in [3.8, 4) is 0 Å². The highest BCUT2D eigenvalue weighted by Crippen LogP contribution is 2.06. The second-order valence-electron chi connectivity index (χ2n) is 2.20. The zero-order valence-electron chi connectivity index (χ0n) is 5.80. The summed E-state index contributed by atoms with van der Waals surface area (Å²) in [6.45, 7) is 3.09. The van der Waals surface area contributed by atoms with Crippen LogP contribution in [0.4, 0.5) is 0 Å². The third-order valence-electron chi connectivity index (χ3n) is 1.21. The Morgan fingerprint density at radius 2 is 2.00 bits per heavy atom. The van der Waals surface area contributed by atoms with Gasteiger partial charge in [-0.15, -0.1) is 0 Å². The van der Waals surface area contributed by atoms with Crippen LogP contribution in [-0.2, 0) is 14.3 Å². The highest BCUT2D eigenvalue weighted by atomic mass is 16.5. The van der Waals surface area contributed by atoms with E-state index in [1.165, 1.54) is 7.11 Å². The molecule has 0 bridgehead atoms. The fraction of sp³-hybridized carbons (Fsp3) is 0.667. The largest absolute Gasteiger partial charge is 0.371 e. The number of rotatable bonds is 3. The van der Waals surface area contributed by atoms with Gasteiger partial charge in [-0.1, -0.05) is 0 Å². The van der Waals surface area contributed by atoms with E-state index in [2.05, 4.69) is 0 Å². The molecule has 3 nitrogen and oxygen atoms in total. The Balaban J connectivity index is 4.13. The molecule has 0 atom stereocenters. The van der Waals surface area contributed by atoms with Crippen LogP contribution in [0, 0.1) is 0 Å². The summed E-state index contributed by atoms with van der Waals surface area (Å²) in [7, 11) is 1.39. The number of ether oxygens (including phenoxy) is 1. The van der Waals surface area contributed by atoms with Gasteiger partial charge in [0.25, 0.3) is 0 Å². The van der Waals surface area contributed by atoms with Crippen LogP contribution in [0.1, 0.15) is 13.8 Å². The average Bonchev–Trinajstić information content (AvgIpc) is 1.86. The molecule has 0 saturated heterocycles. The van der Waals surface area contributed by atoms with E-state index in [9.17, 15) is 9.59 Å². The molecule has 0 aliphatic heterocycles. The predicted molar refractivity (Wildman–Crippen MR) is 32.2 cm³/mol. The Labute approximate surface area is 54.0 Å². The molecule has 0 aromatic rings. The van der Waals surface area contributed by atoms with Crippen molar-refractivity contribution in [2.24, 2.45) is 0 Å². The summed E-state index contributed by atoms with van der Waals surface area (Å²) >= 11 is 0. The number of carbonyl (C=O) groups is 2. The van der Waals surface area contributed by atoms with Crippen LogP contribution >= 0.6 is 0 Å². The molecule has 0 aromatic carbocycles. The third-order valence-corrected chi connectivity index (χ3v) is 1.21. The van der Waals surface area contributed by atoms with E-state index in [1.54, 1.807) is 13.8 Å². The summed E-state index contributed by atoms with van der Waals surface area (Å²) in [6, 6.07) is 0. The maximum atomic E-state index is 10.6. The van der Waals surface area contributed by atoms with Crippen LogP contribution in [0.5, 0.6) is 0 Å². The summed E-state index contributed by atoms with van der Waals surface area (Å²) < 4.78 is 4.71. The molecule has 3 heteroatoms. The molecule has 0 rings (SSSR count). The van der Waals surface area contributed by atoms with Gasteiger partial charge in [0.2, 0.25) is 5.78 Å². The van der Waals surface area contributed by atoms with Gasteiger partial charge in [-0.05, 0) is 13.8 Å². The summed E-state index contributed by atoms with van der Waals surface area (Å²) in [5, 5.41) is 0. The number of Topliss-reactive ketones (excluding diaryl/α,β-unsaturated/α-hetero) is 1. The van der Waals surface area contributed by atoms with Crippen molar-refractivity contribution < 1.29 is 14.3 Å². The lowest BCUT2D eigenvalue weighted by atomic mass is 10.1. The number of ketones is 1. The fourth-order valence-corrected chi connectivity index (χ4v) is 0.242. The second kappa shape index (κ2) is 2.73. The molecular formula is C6H10O3. The minimum Gasteiger partial charge on any atom is -0.371 e. The maximum absolute atomic E-state index is 10.6. The van der Waals surface area contributed by atoms with E-state index >= 15 is 0 Å². The SMILES string of the molecule is COC(C)(C)C(=O)C=O. The van der Waals surface area contributed by atoms with Gasteiger partial charge < -0.3 is 4.74 Å². The van der Waals surface area contributed by atoms with Gasteiger partial charge in [0.05, 0.1) is 0 Å². The number of methoxy groups -OCH3 is 1. The zero-order valence-corrected chi connectivity index (χ0v) is 5.80. The van der Waals surface area contributed by atoms with E-state index in [0.29, 0.717) is 0 Å². The molecule has 0 radical (unpaired) electrons. The van der Waals surface area contributed by atoms with E-state index in [0.717, 1.165) is 0 Å². The molecule has 0 amide bonds. The van der Waals surface area contributed by atoms with Crippen molar-refractivity contribution in [1.82, 2.24) is 0 Å². The standard InChI is InChI=1S/C6H10O3/c1-6(2,9-3)5(8)4-7/h4H,1-3H3. The first-order valence-electron chi connectivity index (χ1n) is 2.59. The second-order valence-corrected chi connectivity index (χ2v) is 2.20. The number of carbonyl (C=O) groups excluding carboxylic acids is 2. The lowest BCUT2D eigenvalue weighted by Crippen LogP contribution is -2.34. The normalized spacial score (nSPS) is 11.0. The van der Waals surface area contributed by atoms with E-state index in [-0.39, 0.29) is 6.29 Å². The van der Waals surface area contributed by atoms with Crippen molar-refractivity contribution in [2.45, 2.75) is 19.4 Å². The van der Waals surface area contributed by atoms with Crippen molar-refractivity contribution >= 4 is 12.1 Å². The van der Waals surface area contributed by atoms with Crippen LogP contribution < -0.4 is 0 Å². The van der Waals surface area contributed by atoms with Gasteiger partial charge in [0, 0.05) is 7.11 Å². The molecule has 0 N–H and O–H groups in total. The molecule has 0 fully saturated rings. The van der Waals surface area contributed by atoms with Crippen LogP contribution in [0.15, 0.2) is 0 Å². The van der Waals surface area contributed by atoms with Gasteiger partial charge in [0.1, 0.15) is 5.60 Å². The lowest BCUT2D eigenvalue weighted by Gasteiger charge is -2.16. The van der Waals surface area contributed by atoms with E-state index in [4.69, 9.17) is 4.74 Å². The quantitative estimate of drug-likeness (QED) is 0.404. The molecule has 52 valence electrons. The van der Waals surface area contributed by atoms with Crippen LogP contribution in [0.3, 0.4) is 0 Å². The molecule has 0 heterocycles. The Bertz CT molecular complexity index is 126.